The summed E-state index contributed by atoms with van der Waals surface area (Å²) in [6.45, 7) is 5.84. The van der Waals surface area contributed by atoms with Gasteiger partial charge in [0.05, 0.1) is 6.54 Å². The molecule has 5 heteroatoms. The van der Waals surface area contributed by atoms with Crippen molar-refractivity contribution in [2.75, 3.05) is 19.6 Å². The molecule has 0 aromatic heterocycles. The molecule has 2 rings (SSSR count). The predicted octanol–water partition coefficient (Wildman–Crippen LogP) is 1.37. The summed E-state index contributed by atoms with van der Waals surface area (Å²) < 4.78 is 0. The van der Waals surface area contributed by atoms with E-state index in [9.17, 15) is 14.7 Å². The van der Waals surface area contributed by atoms with Crippen LogP contribution in [0.15, 0.2) is 24.3 Å². The molecule has 21 heavy (non-hydrogen) atoms. The Morgan fingerprint density at radius 1 is 1.24 bits per heavy atom. The van der Waals surface area contributed by atoms with Crippen LogP contribution < -0.4 is 0 Å². The molecular formula is C16H22N2O3. The van der Waals surface area contributed by atoms with E-state index in [1.807, 2.05) is 38.1 Å². The number of nitrogens with zero attached hydrogens (tertiary/aromatic N) is 2. The zero-order chi connectivity index (χ0) is 15.4. The summed E-state index contributed by atoms with van der Waals surface area (Å²) in [6, 6.07) is 7.22. The first kappa shape index (κ1) is 15.5. The second-order valence-electron chi connectivity index (χ2n) is 5.30. The molecule has 1 unspecified atom stereocenters. The van der Waals surface area contributed by atoms with E-state index in [1.54, 1.807) is 9.80 Å². The van der Waals surface area contributed by atoms with Gasteiger partial charge in [0.25, 0.3) is 0 Å². The van der Waals surface area contributed by atoms with Gasteiger partial charge >= 0.3 is 5.97 Å². The summed E-state index contributed by atoms with van der Waals surface area (Å²) >= 11 is 0. The Morgan fingerprint density at radius 2 is 1.86 bits per heavy atom. The number of aliphatic carboxylic acids is 1. The highest BCUT2D eigenvalue weighted by molar-refractivity contribution is 5.80. The second-order valence-corrected chi connectivity index (χ2v) is 5.30. The Balaban J connectivity index is 2.17. The van der Waals surface area contributed by atoms with Crippen molar-refractivity contribution >= 4 is 11.9 Å². The molecule has 1 aromatic rings. The summed E-state index contributed by atoms with van der Waals surface area (Å²) in [7, 11) is 0. The highest BCUT2D eigenvalue weighted by atomic mass is 16.4. The number of hydrogen-bond donors (Lipinski definition) is 1. The molecule has 0 spiro atoms. The zero-order valence-corrected chi connectivity index (χ0v) is 12.6. The minimum absolute atomic E-state index is 0.00867. The maximum Gasteiger partial charge on any atom is 0.321 e. The van der Waals surface area contributed by atoms with E-state index in [2.05, 4.69) is 0 Å². The van der Waals surface area contributed by atoms with Crippen LogP contribution in [0.25, 0.3) is 0 Å². The van der Waals surface area contributed by atoms with Crippen LogP contribution in [0.3, 0.4) is 0 Å². The quantitative estimate of drug-likeness (QED) is 0.889. The number of hydrogen-bond acceptors (Lipinski definition) is 3. The SMILES string of the molecule is CCN(CC)C(=O)CN1Cc2ccccc2CC1C(=O)O. The summed E-state index contributed by atoms with van der Waals surface area (Å²) in [5.74, 6) is -0.873. The summed E-state index contributed by atoms with van der Waals surface area (Å²) in [6.07, 6.45) is 0.455. The predicted molar refractivity (Wildman–Crippen MR) is 79.9 cm³/mol. The molecule has 1 aromatic carbocycles. The summed E-state index contributed by atoms with van der Waals surface area (Å²) in [5, 5.41) is 9.43. The van der Waals surface area contributed by atoms with Crippen molar-refractivity contribution < 1.29 is 14.7 Å². The number of benzene rings is 1. The number of amides is 1. The minimum atomic E-state index is -0.864. The van der Waals surface area contributed by atoms with Crippen LogP contribution in [0.2, 0.25) is 0 Å². The number of carboxylic acid groups (broad SMARTS) is 1. The van der Waals surface area contributed by atoms with E-state index in [1.165, 1.54) is 0 Å². The Bertz CT molecular complexity index is 526. The molecule has 5 nitrogen and oxygen atoms in total. The molecule has 1 atom stereocenters. The molecule has 0 saturated carbocycles. The average Bonchev–Trinajstić information content (AvgIpc) is 2.47. The molecule has 1 heterocycles. The van der Waals surface area contributed by atoms with Crippen molar-refractivity contribution in [3.63, 3.8) is 0 Å². The van der Waals surface area contributed by atoms with E-state index < -0.39 is 12.0 Å². The van der Waals surface area contributed by atoms with Gasteiger partial charge in [-0.05, 0) is 31.4 Å². The van der Waals surface area contributed by atoms with Crippen LogP contribution >= 0.6 is 0 Å². The maximum atomic E-state index is 12.2. The summed E-state index contributed by atoms with van der Waals surface area (Å²) in [4.78, 5) is 27.2. The molecule has 1 aliphatic heterocycles. The fraction of sp³-hybridized carbons (Fsp3) is 0.500. The van der Waals surface area contributed by atoms with Gasteiger partial charge in [0, 0.05) is 19.6 Å². The molecule has 1 aliphatic rings. The van der Waals surface area contributed by atoms with Crippen LogP contribution in [0.5, 0.6) is 0 Å². The van der Waals surface area contributed by atoms with E-state index in [0.717, 1.165) is 11.1 Å². The van der Waals surface area contributed by atoms with Crippen molar-refractivity contribution in [3.8, 4) is 0 Å². The van der Waals surface area contributed by atoms with Crippen LogP contribution in [0.1, 0.15) is 25.0 Å². The average molecular weight is 290 g/mol. The van der Waals surface area contributed by atoms with E-state index in [4.69, 9.17) is 0 Å². The Kier molecular flexibility index (Phi) is 4.96. The molecule has 0 fully saturated rings. The first-order valence-electron chi connectivity index (χ1n) is 7.38. The number of fused-ring (bicyclic) bond motifs is 1. The molecule has 0 saturated heterocycles. The van der Waals surface area contributed by atoms with E-state index in [-0.39, 0.29) is 12.5 Å². The first-order chi connectivity index (χ1) is 10.1. The van der Waals surface area contributed by atoms with Crippen molar-refractivity contribution in [2.24, 2.45) is 0 Å². The van der Waals surface area contributed by atoms with Gasteiger partial charge in [0.1, 0.15) is 6.04 Å². The van der Waals surface area contributed by atoms with Crippen LogP contribution in [0, 0.1) is 0 Å². The molecule has 0 bridgehead atoms. The molecule has 0 radical (unpaired) electrons. The fourth-order valence-corrected chi connectivity index (χ4v) is 2.84. The third kappa shape index (κ3) is 3.42. The van der Waals surface area contributed by atoms with Gasteiger partial charge in [-0.3, -0.25) is 14.5 Å². The maximum absolute atomic E-state index is 12.2. The van der Waals surface area contributed by atoms with Gasteiger partial charge < -0.3 is 10.0 Å². The lowest BCUT2D eigenvalue weighted by Gasteiger charge is -2.35. The molecular weight excluding hydrogens is 268 g/mol. The first-order valence-corrected chi connectivity index (χ1v) is 7.38. The fourth-order valence-electron chi connectivity index (χ4n) is 2.84. The number of likely N-dealkylation sites (N-methyl/N-ethyl adjacent to an activating group) is 1. The second kappa shape index (κ2) is 6.72. The summed E-state index contributed by atoms with van der Waals surface area (Å²) in [5.41, 5.74) is 2.18. The van der Waals surface area contributed by atoms with Gasteiger partial charge in [0.15, 0.2) is 0 Å². The molecule has 114 valence electrons. The Hall–Kier alpha value is -1.88. The van der Waals surface area contributed by atoms with Gasteiger partial charge in [-0.1, -0.05) is 24.3 Å². The largest absolute Gasteiger partial charge is 0.480 e. The van der Waals surface area contributed by atoms with Crippen molar-refractivity contribution in [1.82, 2.24) is 9.80 Å². The van der Waals surface area contributed by atoms with Crippen LogP contribution in [0.4, 0.5) is 0 Å². The lowest BCUT2D eigenvalue weighted by molar-refractivity contribution is -0.145. The topological polar surface area (TPSA) is 60.9 Å². The van der Waals surface area contributed by atoms with Gasteiger partial charge in [-0.2, -0.15) is 0 Å². The number of carbonyl (C=O) groups excluding carboxylic acids is 1. The lowest BCUT2D eigenvalue weighted by atomic mass is 9.94. The Morgan fingerprint density at radius 3 is 2.43 bits per heavy atom. The van der Waals surface area contributed by atoms with Gasteiger partial charge in [0.2, 0.25) is 5.91 Å². The van der Waals surface area contributed by atoms with Crippen molar-refractivity contribution in [2.45, 2.75) is 32.9 Å². The minimum Gasteiger partial charge on any atom is -0.480 e. The van der Waals surface area contributed by atoms with E-state index >= 15 is 0 Å². The normalized spacial score (nSPS) is 18.1. The highest BCUT2D eigenvalue weighted by Gasteiger charge is 2.32. The van der Waals surface area contributed by atoms with Crippen LogP contribution in [-0.4, -0.2) is 52.5 Å². The van der Waals surface area contributed by atoms with Gasteiger partial charge in [-0.25, -0.2) is 0 Å². The Labute approximate surface area is 125 Å². The van der Waals surface area contributed by atoms with E-state index in [0.29, 0.717) is 26.1 Å². The van der Waals surface area contributed by atoms with Crippen molar-refractivity contribution in [1.29, 1.82) is 0 Å². The lowest BCUT2D eigenvalue weighted by Crippen LogP contribution is -2.50. The van der Waals surface area contributed by atoms with Crippen LogP contribution in [-0.2, 0) is 22.6 Å². The molecule has 1 amide bonds. The van der Waals surface area contributed by atoms with Gasteiger partial charge in [-0.15, -0.1) is 0 Å². The zero-order valence-electron chi connectivity index (χ0n) is 12.6. The highest BCUT2D eigenvalue weighted by Crippen LogP contribution is 2.23. The third-order valence-electron chi connectivity index (χ3n) is 4.09. The standard InChI is InChI=1S/C16H22N2O3/c1-3-17(4-2)15(19)11-18-10-13-8-6-5-7-12(13)9-14(18)16(20)21/h5-8,14H,3-4,9-11H2,1-2H3,(H,20,21). The third-order valence-corrected chi connectivity index (χ3v) is 4.09. The molecule has 0 aliphatic carbocycles. The monoisotopic (exact) mass is 290 g/mol. The number of rotatable bonds is 5. The smallest absolute Gasteiger partial charge is 0.321 e. The number of carboxylic acids is 1. The van der Waals surface area contributed by atoms with Crippen molar-refractivity contribution in [3.05, 3.63) is 35.4 Å². The molecule has 1 N–H and O–H groups in total. The number of carbonyl (C=O) groups is 2.